The van der Waals surface area contributed by atoms with Crippen LogP contribution in [0.25, 0.3) is 0 Å². The summed E-state index contributed by atoms with van der Waals surface area (Å²) in [7, 11) is 0. The van der Waals surface area contributed by atoms with E-state index in [9.17, 15) is 5.11 Å². The summed E-state index contributed by atoms with van der Waals surface area (Å²) < 4.78 is 0.743. The highest BCUT2D eigenvalue weighted by atomic mass is 16.3. The Morgan fingerprint density at radius 3 is 2.21 bits per heavy atom. The Hall–Kier alpha value is -0.670. The fourth-order valence-electron chi connectivity index (χ4n) is 3.91. The van der Waals surface area contributed by atoms with Crippen LogP contribution in [-0.4, -0.2) is 41.3 Å². The molecule has 0 spiro atoms. The molecule has 1 N–H and O–H groups in total. The Labute approximate surface area is 150 Å². The zero-order valence-corrected chi connectivity index (χ0v) is 16.4. The predicted octanol–water partition coefficient (Wildman–Crippen LogP) is 5.44. The van der Waals surface area contributed by atoms with Gasteiger partial charge >= 0.3 is 0 Å². The summed E-state index contributed by atoms with van der Waals surface area (Å²) in [6.45, 7) is 8.06. The van der Waals surface area contributed by atoms with E-state index >= 15 is 0 Å². The number of aliphatic hydroxyl groups excluding tert-OH is 1. The van der Waals surface area contributed by atoms with Gasteiger partial charge in [-0.3, -0.25) is 4.48 Å². The van der Waals surface area contributed by atoms with Gasteiger partial charge in [-0.1, -0.05) is 57.1 Å². The molecule has 1 aliphatic rings. The molecule has 0 bridgehead atoms. The summed E-state index contributed by atoms with van der Waals surface area (Å²) in [4.78, 5) is 4.65. The maximum absolute atomic E-state index is 10.2. The second-order valence-electron chi connectivity index (χ2n) is 7.37. The van der Waals surface area contributed by atoms with Crippen molar-refractivity contribution in [1.29, 1.82) is 0 Å². The molecule has 3 nitrogen and oxygen atoms in total. The predicted molar refractivity (Wildman–Crippen MR) is 105 cm³/mol. The summed E-state index contributed by atoms with van der Waals surface area (Å²) in [5.74, 6) is 0. The van der Waals surface area contributed by atoms with Gasteiger partial charge in [0.15, 0.2) is 12.4 Å². The Morgan fingerprint density at radius 1 is 1.08 bits per heavy atom. The van der Waals surface area contributed by atoms with Gasteiger partial charge in [0, 0.05) is 13.3 Å². The standard InChI is InChI=1S/C21H41N2O/c1-4-6-7-8-9-10-11-12-13-14-15-16-17-21-22-18-19-23(21,5-2)20(3)24/h4,6,18,20-21,24H,5,7-17,19H2,1-3H3/q+1/b6-4+. The normalized spacial score (nSPS) is 24.9. The third kappa shape index (κ3) is 7.06. The largest absolute Gasteiger partial charge is 0.345 e. The van der Waals surface area contributed by atoms with Crippen molar-refractivity contribution in [2.75, 3.05) is 13.1 Å². The van der Waals surface area contributed by atoms with Crippen LogP contribution in [0.15, 0.2) is 17.1 Å². The van der Waals surface area contributed by atoms with Crippen molar-refractivity contribution in [3.05, 3.63) is 12.2 Å². The smallest absolute Gasteiger partial charge is 0.189 e. The molecule has 0 fully saturated rings. The van der Waals surface area contributed by atoms with Crippen LogP contribution in [-0.2, 0) is 0 Å². The van der Waals surface area contributed by atoms with Crippen molar-refractivity contribution in [3.8, 4) is 0 Å². The zero-order chi connectivity index (χ0) is 17.7. The van der Waals surface area contributed by atoms with Crippen LogP contribution in [0.5, 0.6) is 0 Å². The second-order valence-corrected chi connectivity index (χ2v) is 7.37. The third-order valence-corrected chi connectivity index (χ3v) is 5.69. The van der Waals surface area contributed by atoms with E-state index in [-0.39, 0.29) is 12.4 Å². The first kappa shape index (κ1) is 21.4. The highest BCUT2D eigenvalue weighted by Crippen LogP contribution is 2.26. The number of hydrogen-bond donors (Lipinski definition) is 1. The quantitative estimate of drug-likeness (QED) is 0.255. The minimum absolute atomic E-state index is 0.284. The minimum atomic E-state index is -0.310. The van der Waals surface area contributed by atoms with E-state index in [0.29, 0.717) is 0 Å². The van der Waals surface area contributed by atoms with Gasteiger partial charge in [0.1, 0.15) is 6.54 Å². The average molecular weight is 338 g/mol. The van der Waals surface area contributed by atoms with Crippen LogP contribution >= 0.6 is 0 Å². The number of rotatable bonds is 14. The first-order valence-corrected chi connectivity index (χ1v) is 10.3. The molecule has 3 atom stereocenters. The Balaban J connectivity index is 1.99. The van der Waals surface area contributed by atoms with Gasteiger partial charge in [0.2, 0.25) is 0 Å². The Bertz CT molecular complexity index is 365. The molecule has 1 heterocycles. The molecule has 3 heteroatoms. The molecule has 140 valence electrons. The summed E-state index contributed by atoms with van der Waals surface area (Å²) in [6, 6.07) is 0. The molecule has 0 aromatic carbocycles. The maximum atomic E-state index is 10.2. The molecule has 1 rings (SSSR count). The van der Waals surface area contributed by atoms with Crippen LogP contribution in [0.2, 0.25) is 0 Å². The topological polar surface area (TPSA) is 32.6 Å². The van der Waals surface area contributed by atoms with Gasteiger partial charge in [-0.15, -0.1) is 0 Å². The lowest BCUT2D eigenvalue weighted by molar-refractivity contribution is -0.976. The number of aliphatic imine (C=N–C) groups is 1. The van der Waals surface area contributed by atoms with Crippen LogP contribution in [0.4, 0.5) is 0 Å². The first-order valence-electron chi connectivity index (χ1n) is 10.3. The van der Waals surface area contributed by atoms with Crippen LogP contribution < -0.4 is 0 Å². The van der Waals surface area contributed by atoms with E-state index in [1.165, 1.54) is 64.2 Å². The molecular weight excluding hydrogens is 296 g/mol. The molecule has 0 aromatic heterocycles. The lowest BCUT2D eigenvalue weighted by Crippen LogP contribution is -2.57. The van der Waals surface area contributed by atoms with Crippen molar-refractivity contribution in [2.45, 2.75) is 104 Å². The molecule has 0 radical (unpaired) electrons. The fraction of sp³-hybridized carbons (Fsp3) is 0.857. The lowest BCUT2D eigenvalue weighted by Gasteiger charge is -2.40. The van der Waals surface area contributed by atoms with Gasteiger partial charge in [-0.2, -0.15) is 0 Å². The van der Waals surface area contributed by atoms with E-state index < -0.39 is 0 Å². The molecule has 0 saturated carbocycles. The monoisotopic (exact) mass is 337 g/mol. The van der Waals surface area contributed by atoms with Gasteiger partial charge in [0.05, 0.1) is 12.8 Å². The Morgan fingerprint density at radius 2 is 1.67 bits per heavy atom. The molecular formula is C21H41N2O+. The van der Waals surface area contributed by atoms with Gasteiger partial charge in [0.25, 0.3) is 0 Å². The lowest BCUT2D eigenvalue weighted by atomic mass is 10.0. The van der Waals surface area contributed by atoms with E-state index in [0.717, 1.165) is 24.0 Å². The molecule has 0 aromatic rings. The average Bonchev–Trinajstić information content (AvgIpc) is 3.00. The summed E-state index contributed by atoms with van der Waals surface area (Å²) in [5.41, 5.74) is 0. The van der Waals surface area contributed by atoms with Crippen LogP contribution in [0.3, 0.4) is 0 Å². The molecule has 0 saturated heterocycles. The zero-order valence-electron chi connectivity index (χ0n) is 16.4. The van der Waals surface area contributed by atoms with E-state index in [2.05, 4.69) is 31.0 Å². The highest BCUT2D eigenvalue weighted by Gasteiger charge is 2.41. The highest BCUT2D eigenvalue weighted by molar-refractivity contribution is 5.60. The number of aliphatic hydroxyl groups is 1. The summed E-state index contributed by atoms with van der Waals surface area (Å²) in [6.07, 6.45) is 21.1. The van der Waals surface area contributed by atoms with Crippen molar-refractivity contribution >= 4 is 6.21 Å². The Kier molecular flexibility index (Phi) is 11.3. The van der Waals surface area contributed by atoms with Crippen molar-refractivity contribution in [1.82, 2.24) is 0 Å². The van der Waals surface area contributed by atoms with Crippen molar-refractivity contribution in [2.24, 2.45) is 4.99 Å². The van der Waals surface area contributed by atoms with E-state index in [1.54, 1.807) is 0 Å². The first-order chi connectivity index (χ1) is 11.7. The van der Waals surface area contributed by atoms with Crippen molar-refractivity contribution in [3.63, 3.8) is 0 Å². The van der Waals surface area contributed by atoms with Crippen LogP contribution in [0.1, 0.15) is 91.4 Å². The minimum Gasteiger partial charge on any atom is -0.345 e. The molecule has 1 aliphatic heterocycles. The molecule has 3 unspecified atom stereocenters. The number of unbranched alkanes of at least 4 members (excludes halogenated alkanes) is 9. The number of quaternary nitrogens is 1. The van der Waals surface area contributed by atoms with Gasteiger partial charge in [-0.25, -0.2) is 4.99 Å². The van der Waals surface area contributed by atoms with Gasteiger partial charge < -0.3 is 5.11 Å². The van der Waals surface area contributed by atoms with Gasteiger partial charge in [-0.05, 0) is 33.1 Å². The van der Waals surface area contributed by atoms with E-state index in [1.807, 2.05) is 13.1 Å². The van der Waals surface area contributed by atoms with Crippen LogP contribution in [0, 0.1) is 0 Å². The fourth-order valence-corrected chi connectivity index (χ4v) is 3.91. The SMILES string of the molecule is C/C=C/CCCCCCCCCCCC1N=CC[N+]1(CC)C(C)O. The maximum Gasteiger partial charge on any atom is 0.189 e. The number of hydrogen-bond acceptors (Lipinski definition) is 2. The van der Waals surface area contributed by atoms with Crippen molar-refractivity contribution < 1.29 is 9.59 Å². The molecule has 0 aliphatic carbocycles. The summed E-state index contributed by atoms with van der Waals surface area (Å²) in [5, 5.41) is 10.2. The number of allylic oxidation sites excluding steroid dienone is 2. The van der Waals surface area contributed by atoms with E-state index in [4.69, 9.17) is 0 Å². The molecule has 0 amide bonds. The number of nitrogens with zero attached hydrogens (tertiary/aromatic N) is 2. The summed E-state index contributed by atoms with van der Waals surface area (Å²) >= 11 is 0. The molecule has 24 heavy (non-hydrogen) atoms. The third-order valence-electron chi connectivity index (χ3n) is 5.69. The second kappa shape index (κ2) is 12.7.